The first kappa shape index (κ1) is 28.4. The summed E-state index contributed by atoms with van der Waals surface area (Å²) < 4.78 is 44.0. The van der Waals surface area contributed by atoms with Crippen LogP contribution in [0.3, 0.4) is 0 Å². The van der Waals surface area contributed by atoms with Gasteiger partial charge in [0.25, 0.3) is 17.7 Å². The monoisotopic (exact) mass is 580 g/mol. The largest absolute Gasteiger partial charge is 0.393 e. The first-order chi connectivity index (χ1) is 19.5. The van der Waals surface area contributed by atoms with Gasteiger partial charge >= 0.3 is 0 Å². The Morgan fingerprint density at radius 2 is 1.66 bits per heavy atom. The van der Waals surface area contributed by atoms with Crippen LogP contribution in [0.4, 0.5) is 24.5 Å². The SMILES string of the molecule is O=C(Nc1ccc(C(=O)N2CCC(F)(F)[C@](O)(CO)c3cc(Cl)ccc32)cc1)c1cc(F)ccc1-c1ccccc1. The molecule has 210 valence electrons. The Kier molecular flexibility index (Phi) is 7.61. The standard InChI is InChI=1S/C31H24ClF3N2O4/c32-21-8-13-27-26(16-21)30(41,18-38)31(34,35)14-15-37(27)29(40)20-6-10-23(11-7-20)36-28(39)25-17-22(33)9-12-24(25)19-4-2-1-3-5-19/h1-13,16-17,38,41H,14-15,18H2,(H,36,39)/t30-/m0/s1. The summed E-state index contributed by atoms with van der Waals surface area (Å²) in [5.74, 6) is -5.53. The first-order valence-corrected chi connectivity index (χ1v) is 13.0. The average molecular weight is 581 g/mol. The van der Waals surface area contributed by atoms with Crippen molar-refractivity contribution in [3.05, 3.63) is 119 Å². The third kappa shape index (κ3) is 5.31. The van der Waals surface area contributed by atoms with Crippen LogP contribution in [0.25, 0.3) is 11.1 Å². The lowest BCUT2D eigenvalue weighted by Crippen LogP contribution is -2.48. The summed E-state index contributed by atoms with van der Waals surface area (Å²) in [6.45, 7) is -1.72. The fraction of sp³-hybridized carbons (Fsp3) is 0.161. The number of halogens is 4. The van der Waals surface area contributed by atoms with Crippen molar-refractivity contribution in [1.82, 2.24) is 0 Å². The number of rotatable bonds is 5. The van der Waals surface area contributed by atoms with Crippen LogP contribution >= 0.6 is 11.6 Å². The van der Waals surface area contributed by atoms with E-state index in [9.17, 15) is 33.0 Å². The molecule has 0 aliphatic carbocycles. The Hall–Kier alpha value is -4.18. The molecule has 6 nitrogen and oxygen atoms in total. The van der Waals surface area contributed by atoms with E-state index in [0.717, 1.165) is 22.6 Å². The zero-order chi connectivity index (χ0) is 29.4. The molecular weight excluding hydrogens is 557 g/mol. The molecule has 10 heteroatoms. The summed E-state index contributed by atoms with van der Waals surface area (Å²) in [6.07, 6.45) is -0.909. The molecular formula is C31H24ClF3N2O4. The second-order valence-corrected chi connectivity index (χ2v) is 10.1. The maximum absolute atomic E-state index is 15.0. The lowest BCUT2D eigenvalue weighted by molar-refractivity contribution is -0.205. The molecule has 0 radical (unpaired) electrons. The number of anilines is 2. The molecule has 1 heterocycles. The molecule has 1 aliphatic rings. The number of carbonyl (C=O) groups is 2. The van der Waals surface area contributed by atoms with Crippen LogP contribution in [-0.2, 0) is 5.60 Å². The number of aliphatic hydroxyl groups excluding tert-OH is 1. The average Bonchev–Trinajstić information content (AvgIpc) is 3.05. The number of carbonyl (C=O) groups excluding carboxylic acids is 2. The molecule has 0 unspecified atom stereocenters. The molecule has 4 aromatic rings. The van der Waals surface area contributed by atoms with Gasteiger partial charge in [-0.25, -0.2) is 13.2 Å². The van der Waals surface area contributed by atoms with Gasteiger partial charge in [-0.3, -0.25) is 9.59 Å². The van der Waals surface area contributed by atoms with Crippen molar-refractivity contribution in [3.8, 4) is 11.1 Å². The van der Waals surface area contributed by atoms with Gasteiger partial charge in [-0.15, -0.1) is 0 Å². The van der Waals surface area contributed by atoms with E-state index in [1.807, 2.05) is 6.07 Å². The van der Waals surface area contributed by atoms with Crippen molar-refractivity contribution in [1.29, 1.82) is 0 Å². The third-order valence-corrected chi connectivity index (χ3v) is 7.36. The van der Waals surface area contributed by atoms with Crippen molar-refractivity contribution in [2.45, 2.75) is 17.9 Å². The van der Waals surface area contributed by atoms with Crippen LogP contribution in [0.1, 0.15) is 32.7 Å². The number of nitrogens with zero attached hydrogens (tertiary/aromatic N) is 1. The fourth-order valence-electron chi connectivity index (χ4n) is 4.89. The second kappa shape index (κ2) is 11.0. The van der Waals surface area contributed by atoms with E-state index in [4.69, 9.17) is 11.6 Å². The Morgan fingerprint density at radius 3 is 2.34 bits per heavy atom. The molecule has 0 fully saturated rings. The number of amides is 2. The van der Waals surface area contributed by atoms with Crippen LogP contribution in [-0.4, -0.2) is 41.1 Å². The summed E-state index contributed by atoms with van der Waals surface area (Å²) in [4.78, 5) is 27.7. The summed E-state index contributed by atoms with van der Waals surface area (Å²) in [6, 6.07) is 22.6. The van der Waals surface area contributed by atoms with E-state index in [0.29, 0.717) is 11.3 Å². The maximum atomic E-state index is 15.0. The molecule has 0 spiro atoms. The van der Waals surface area contributed by atoms with E-state index >= 15 is 0 Å². The van der Waals surface area contributed by atoms with Crippen molar-refractivity contribution in [2.75, 3.05) is 23.4 Å². The fourth-order valence-corrected chi connectivity index (χ4v) is 5.06. The van der Waals surface area contributed by atoms with E-state index in [1.54, 1.807) is 24.3 Å². The highest BCUT2D eigenvalue weighted by Crippen LogP contribution is 2.47. The highest BCUT2D eigenvalue weighted by molar-refractivity contribution is 6.30. The Bertz CT molecular complexity index is 1620. The lowest BCUT2D eigenvalue weighted by Gasteiger charge is -2.33. The van der Waals surface area contributed by atoms with Gasteiger partial charge in [-0.05, 0) is 65.7 Å². The normalized spacial score (nSPS) is 17.9. The number of alkyl halides is 2. The molecule has 1 atom stereocenters. The van der Waals surface area contributed by atoms with Gasteiger partial charge < -0.3 is 20.4 Å². The number of hydrogen-bond donors (Lipinski definition) is 3. The van der Waals surface area contributed by atoms with Gasteiger partial charge in [0.2, 0.25) is 0 Å². The van der Waals surface area contributed by atoms with Gasteiger partial charge in [0, 0.05) is 34.8 Å². The molecule has 2 amide bonds. The highest BCUT2D eigenvalue weighted by Gasteiger charge is 2.56. The first-order valence-electron chi connectivity index (χ1n) is 12.6. The van der Waals surface area contributed by atoms with Crippen LogP contribution < -0.4 is 10.2 Å². The summed E-state index contributed by atoms with van der Waals surface area (Å²) in [5.41, 5.74) is -1.48. The van der Waals surface area contributed by atoms with Crippen molar-refractivity contribution in [3.63, 3.8) is 0 Å². The number of fused-ring (bicyclic) bond motifs is 1. The molecule has 0 bridgehead atoms. The lowest BCUT2D eigenvalue weighted by atomic mass is 9.86. The van der Waals surface area contributed by atoms with E-state index in [2.05, 4.69) is 5.32 Å². The minimum Gasteiger partial charge on any atom is -0.393 e. The molecule has 3 N–H and O–H groups in total. The van der Waals surface area contributed by atoms with E-state index in [1.165, 1.54) is 48.5 Å². The Morgan fingerprint density at radius 1 is 0.951 bits per heavy atom. The third-order valence-electron chi connectivity index (χ3n) is 7.12. The minimum absolute atomic E-state index is 0.00921. The summed E-state index contributed by atoms with van der Waals surface area (Å²) in [7, 11) is 0. The van der Waals surface area contributed by atoms with Crippen LogP contribution in [0.15, 0.2) is 91.0 Å². The van der Waals surface area contributed by atoms with E-state index in [-0.39, 0.29) is 27.4 Å². The second-order valence-electron chi connectivity index (χ2n) is 9.68. The van der Waals surface area contributed by atoms with Crippen LogP contribution in [0, 0.1) is 5.82 Å². The molecule has 41 heavy (non-hydrogen) atoms. The molecule has 1 aliphatic heterocycles. The maximum Gasteiger partial charge on any atom is 0.284 e. The van der Waals surface area contributed by atoms with Gasteiger partial charge in [-0.2, -0.15) is 0 Å². The zero-order valence-corrected chi connectivity index (χ0v) is 22.2. The quantitative estimate of drug-likeness (QED) is 0.260. The molecule has 4 aromatic carbocycles. The van der Waals surface area contributed by atoms with Crippen molar-refractivity contribution in [2.24, 2.45) is 0 Å². The molecule has 0 saturated carbocycles. The number of benzene rings is 4. The Balaban J connectivity index is 1.41. The summed E-state index contributed by atoms with van der Waals surface area (Å²) >= 11 is 6.01. The number of nitrogens with one attached hydrogen (secondary N) is 1. The Labute approximate surface area is 238 Å². The predicted octanol–water partition coefficient (Wildman–Crippen LogP) is 6.26. The minimum atomic E-state index is -3.75. The molecule has 5 rings (SSSR count). The smallest absolute Gasteiger partial charge is 0.284 e. The predicted molar refractivity (Wildman–Crippen MR) is 150 cm³/mol. The summed E-state index contributed by atoms with van der Waals surface area (Å²) in [5, 5.41) is 23.3. The molecule has 0 saturated heterocycles. The number of hydrogen-bond acceptors (Lipinski definition) is 4. The van der Waals surface area contributed by atoms with Crippen molar-refractivity contribution < 1.29 is 33.0 Å². The van der Waals surface area contributed by atoms with Crippen molar-refractivity contribution >= 4 is 34.8 Å². The van der Waals surface area contributed by atoms with Crippen LogP contribution in [0.5, 0.6) is 0 Å². The number of aliphatic hydroxyl groups is 2. The van der Waals surface area contributed by atoms with Gasteiger partial charge in [-0.1, -0.05) is 48.0 Å². The van der Waals surface area contributed by atoms with Gasteiger partial charge in [0.05, 0.1) is 17.9 Å². The topological polar surface area (TPSA) is 89.9 Å². The molecule has 0 aromatic heterocycles. The van der Waals surface area contributed by atoms with Gasteiger partial charge in [0.1, 0.15) is 5.82 Å². The van der Waals surface area contributed by atoms with Gasteiger partial charge in [0.15, 0.2) is 5.60 Å². The highest BCUT2D eigenvalue weighted by atomic mass is 35.5. The zero-order valence-electron chi connectivity index (χ0n) is 21.5. The van der Waals surface area contributed by atoms with E-state index < -0.39 is 48.7 Å². The van der Waals surface area contributed by atoms with Crippen LogP contribution in [0.2, 0.25) is 5.02 Å².